The molecule has 5 aliphatic heterocycles. The van der Waals surface area contributed by atoms with Crippen LogP contribution in [0.15, 0.2) is 71.4 Å². The summed E-state index contributed by atoms with van der Waals surface area (Å²) in [5.74, 6) is 7.35. The van der Waals surface area contributed by atoms with E-state index in [0.717, 1.165) is 23.8 Å². The van der Waals surface area contributed by atoms with Crippen LogP contribution in [-0.4, -0.2) is 268 Å². The van der Waals surface area contributed by atoms with E-state index in [-0.39, 0.29) is 177 Å². The molecule has 7 amide bonds. The average molecular weight is 2060 g/mol. The lowest BCUT2D eigenvalue weighted by Crippen LogP contribution is -2.64. The van der Waals surface area contributed by atoms with Crippen molar-refractivity contribution in [1.82, 2.24) is 26.3 Å². The summed E-state index contributed by atoms with van der Waals surface area (Å²) in [6, 6.07) is 3.71. The second-order valence-electron chi connectivity index (χ2n) is 35.6. The summed E-state index contributed by atoms with van der Waals surface area (Å²) in [4.78, 5) is 165. The SMILES string of the molecule is COC(=O)CC1=C2/C(=C\CSSC(C)(C)CCC(=O)CCCNC(=O)OCc3ccc(NC(=O)[C@H](CCCNC(N)=O)CC(=O)[C@@H](NC(=O)CCCCCN4C(=O)C=CC4=O)C(C)C)cc3)[C@](O)(C#C/C=C\C#C[C@@H]2OC2OC(C)C(NOC3CC(O)C(SC(=O)c4c(C)c(I)c(OC5OC(C)C(O)C(OC)C5O)c(C)c4OC)C(C)O3)C(O)C2OC2CC(C)C(CC(C)=O)CO2)CC1=O. The zero-order valence-electron chi connectivity index (χ0n) is 78.5. The number of alkyl carbamates (subject to hydrolysis) is 1. The van der Waals surface area contributed by atoms with Crippen molar-refractivity contribution in [3.63, 3.8) is 0 Å². The van der Waals surface area contributed by atoms with Crippen molar-refractivity contribution in [2.24, 2.45) is 29.4 Å². The zero-order chi connectivity index (χ0) is 98.9. The minimum absolute atomic E-state index is 0.0114. The molecule has 2 aliphatic carbocycles. The molecule has 17 unspecified atom stereocenters. The molecule has 0 radical (unpaired) electrons. The van der Waals surface area contributed by atoms with E-state index in [1.807, 2.05) is 43.4 Å². The van der Waals surface area contributed by atoms with Gasteiger partial charge in [-0.3, -0.25) is 52.9 Å². The first-order valence-corrected chi connectivity index (χ1v) is 49.6. The number of aliphatic hydroxyl groups is 5. The summed E-state index contributed by atoms with van der Waals surface area (Å²) in [5.41, 5.74) is 8.03. The number of hydroxylamine groups is 1. The molecule has 2 bridgehead atoms. The fraction of sp³-hybridized carbons (Fsp3) is 0.621. The number of carbonyl (C=O) groups is 12. The lowest BCUT2D eigenvalue weighted by molar-refractivity contribution is -0.335. The molecule has 742 valence electrons. The van der Waals surface area contributed by atoms with Gasteiger partial charge < -0.3 is 109 Å². The highest BCUT2D eigenvalue weighted by molar-refractivity contribution is 14.1. The van der Waals surface area contributed by atoms with Gasteiger partial charge in [-0.25, -0.2) is 9.59 Å². The number of allylic oxidation sites excluding steroid dienone is 2. The number of fused-ring (bicyclic) bond motifs is 2. The number of hydrogen-bond donors (Lipinski definition) is 11. The van der Waals surface area contributed by atoms with Gasteiger partial charge in [-0.05, 0) is 170 Å². The molecule has 0 saturated carbocycles. The number of imide groups is 1. The highest BCUT2D eigenvalue weighted by Gasteiger charge is 2.53. The number of primary amides is 1. The number of nitrogens with zero attached hydrogens (tertiary/aromatic N) is 1. The Balaban J connectivity index is 0.789. The summed E-state index contributed by atoms with van der Waals surface area (Å²) in [6.07, 6.45) is -8.59. The number of Topliss-reactive ketones (excluding diaryl/α,β-unsaturated/α-hetero) is 4. The first-order chi connectivity index (χ1) is 64.0. The van der Waals surface area contributed by atoms with Crippen LogP contribution in [-0.2, 0) is 97.2 Å². The molecule has 9 rings (SSSR count). The number of nitrogens with two attached hydrogens (primary N) is 1. The molecule has 2 aromatic rings. The molecular formula is C95H128IN7O29S3. The summed E-state index contributed by atoms with van der Waals surface area (Å²) in [5, 5.41) is 68.7. The minimum Gasteiger partial charge on any atom is -0.496 e. The molecule has 135 heavy (non-hydrogen) atoms. The van der Waals surface area contributed by atoms with Crippen LogP contribution in [0.1, 0.15) is 192 Å². The molecule has 36 nitrogen and oxygen atoms in total. The minimum atomic E-state index is -2.19. The summed E-state index contributed by atoms with van der Waals surface area (Å²) in [7, 11) is 6.76. The van der Waals surface area contributed by atoms with Crippen LogP contribution >= 0.6 is 55.9 Å². The number of ether oxygens (including phenoxy) is 11. The van der Waals surface area contributed by atoms with Crippen molar-refractivity contribution in [3.8, 4) is 35.2 Å². The van der Waals surface area contributed by atoms with Crippen LogP contribution in [0, 0.1) is 64.8 Å². The topological polar surface area (TPSA) is 506 Å². The number of amides is 7. The molecule has 7 aliphatic rings. The molecule has 4 saturated heterocycles. The number of benzene rings is 2. The smallest absolute Gasteiger partial charge is 0.407 e. The fourth-order valence-corrected chi connectivity index (χ4v) is 21.1. The number of hydrogen-bond acceptors (Lipinski definition) is 33. The molecule has 21 atom stereocenters. The lowest BCUT2D eigenvalue weighted by Gasteiger charge is -2.46. The van der Waals surface area contributed by atoms with Crippen LogP contribution in [0.25, 0.3) is 0 Å². The maximum absolute atomic E-state index is 14.6. The first kappa shape index (κ1) is 110. The Hall–Kier alpha value is -8.22. The number of anilines is 1. The Labute approximate surface area is 812 Å². The van der Waals surface area contributed by atoms with Crippen LogP contribution < -0.4 is 42.0 Å². The van der Waals surface area contributed by atoms with Gasteiger partial charge in [-0.15, -0.1) is 0 Å². The number of methoxy groups -OCH3 is 3. The Morgan fingerprint density at radius 1 is 0.793 bits per heavy atom. The number of nitrogens with one attached hydrogen (secondary N) is 5. The van der Waals surface area contributed by atoms with Crippen LogP contribution in [0.4, 0.5) is 15.3 Å². The molecule has 5 heterocycles. The third-order valence-corrected chi connectivity index (χ3v) is 30.3. The van der Waals surface area contributed by atoms with Gasteiger partial charge in [0, 0.05) is 128 Å². The molecule has 0 aromatic heterocycles. The van der Waals surface area contributed by atoms with Crippen molar-refractivity contribution in [3.05, 3.63) is 97.2 Å². The van der Waals surface area contributed by atoms with E-state index < -0.39 is 168 Å². The third kappa shape index (κ3) is 31.1. The average Bonchev–Trinajstić information content (AvgIpc) is 0.803. The zero-order valence-corrected chi connectivity index (χ0v) is 83.1. The summed E-state index contributed by atoms with van der Waals surface area (Å²) in [6.45, 7) is 19.8. The Kier molecular flexibility index (Phi) is 42.7. The molecule has 12 N–H and O–H groups in total. The van der Waals surface area contributed by atoms with Crippen molar-refractivity contribution in [1.29, 1.82) is 0 Å². The van der Waals surface area contributed by atoms with Crippen molar-refractivity contribution >= 4 is 132 Å². The predicted octanol–water partition coefficient (Wildman–Crippen LogP) is 8.13. The Morgan fingerprint density at radius 2 is 1.50 bits per heavy atom. The van der Waals surface area contributed by atoms with Crippen LogP contribution in [0.2, 0.25) is 0 Å². The Morgan fingerprint density at radius 3 is 2.16 bits per heavy atom. The van der Waals surface area contributed by atoms with E-state index >= 15 is 0 Å². The van der Waals surface area contributed by atoms with Gasteiger partial charge in [0.15, 0.2) is 36.0 Å². The number of rotatable bonds is 47. The summed E-state index contributed by atoms with van der Waals surface area (Å²) >= 11 is 2.88. The van der Waals surface area contributed by atoms with Crippen molar-refractivity contribution < 1.29 is 140 Å². The maximum atomic E-state index is 14.6. The van der Waals surface area contributed by atoms with Gasteiger partial charge in [-0.1, -0.05) is 102 Å². The largest absolute Gasteiger partial charge is 0.496 e. The summed E-state index contributed by atoms with van der Waals surface area (Å²) < 4.78 is 66.8. The number of thioether (sulfide) groups is 1. The number of esters is 1. The van der Waals surface area contributed by atoms with E-state index in [4.69, 9.17) is 62.7 Å². The van der Waals surface area contributed by atoms with E-state index in [1.54, 1.807) is 78.8 Å². The standard InChI is InChI=1S/C95H128IN7O29S3/c1-50(2)78(101-69(109)27-19-17-21-40-103-70(110)32-33-71(103)111)65(106)44-59(24-22-38-98-92(97)118)88(116)100-61-30-28-58(29-31-61)48-125-93(119)99-39-23-25-62(105)34-37-94(10,11)135-133-41-35-64-76-63(45-72(112)121-12)67(108)47-95(64,120)36-20-16-15-18-26-68(76)129-91-86(130-73-42-51(3)60(49-124-73)43-52(4)104)81(114)79(55(7)127-91)102-132-74-46-66(107)87(57(9)126-74)134-89(117)75-53(5)77(96)84(54(6)83(75)122-13)131-90-82(115)85(123-14)80(113)56(8)128-90/h15-16,28-33,35,50-51,55-57,59-60,66,68,73-74,78-82,85-87,90-91,102,107,113-115,120H,17,19,21-25,27,34,37-49H2,1-14H3,(H,99,119)(H,100,116)(H,101,109)(H3,97,98,118)/b16-15-,64-35+/t51?,55?,56?,57?,59-,60?,66?,68+,73?,74?,78+,79?,80?,81?,82?,85?,86?,87?,90?,91?,95+/m1/s1. The van der Waals surface area contributed by atoms with E-state index in [0.29, 0.717) is 64.5 Å². The van der Waals surface area contributed by atoms with E-state index in [2.05, 4.69) is 50.4 Å². The third-order valence-electron chi connectivity index (χ3n) is 24.4. The van der Waals surface area contributed by atoms with Gasteiger partial charge in [0.1, 0.15) is 66.3 Å². The number of unbranched alkanes of at least 4 members (excludes halogenated alkanes) is 2. The van der Waals surface area contributed by atoms with Crippen LogP contribution in [0.3, 0.4) is 0 Å². The second-order valence-corrected chi connectivity index (χ2v) is 40.9. The van der Waals surface area contributed by atoms with Gasteiger partial charge in [-0.2, -0.15) is 5.48 Å². The normalized spacial score (nSPS) is 27.7. The predicted molar refractivity (Wildman–Crippen MR) is 507 cm³/mol. The number of carbonyl (C=O) groups excluding carboxylic acids is 12. The number of aliphatic hydroxyl groups excluding tert-OH is 4. The van der Waals surface area contributed by atoms with E-state index in [9.17, 15) is 83.1 Å². The molecule has 2 aromatic carbocycles. The monoisotopic (exact) mass is 2050 g/mol. The number of ketones is 4. The van der Waals surface area contributed by atoms with Crippen LogP contribution in [0.5, 0.6) is 11.5 Å². The van der Waals surface area contributed by atoms with Gasteiger partial charge in [0.25, 0.3) is 11.8 Å². The fourth-order valence-electron chi connectivity index (χ4n) is 16.7. The molecule has 40 heteroatoms. The number of halogens is 1. The van der Waals surface area contributed by atoms with Crippen molar-refractivity contribution in [2.75, 3.05) is 58.6 Å². The van der Waals surface area contributed by atoms with E-state index in [1.165, 1.54) is 67.0 Å². The number of urea groups is 1. The maximum Gasteiger partial charge on any atom is 0.407 e. The van der Waals surface area contributed by atoms with Gasteiger partial charge in [0.2, 0.25) is 23.2 Å². The van der Waals surface area contributed by atoms with Gasteiger partial charge >= 0.3 is 18.1 Å². The second kappa shape index (κ2) is 52.2. The molecule has 4 fully saturated rings. The highest BCUT2D eigenvalue weighted by atomic mass is 127. The quantitative estimate of drug-likeness (QED) is 0.00566. The first-order valence-electron chi connectivity index (χ1n) is 45.3. The van der Waals surface area contributed by atoms with Gasteiger partial charge in [0.05, 0.1) is 84.6 Å². The van der Waals surface area contributed by atoms with Crippen molar-refractivity contribution in [2.45, 2.75) is 299 Å². The molecular weight excluding hydrogens is 1930 g/mol. The lowest BCUT2D eigenvalue weighted by atomic mass is 9.72. The Bertz CT molecular complexity index is 4810. The molecule has 0 spiro atoms. The highest BCUT2D eigenvalue weighted by Crippen LogP contribution is 2.47.